The van der Waals surface area contributed by atoms with Gasteiger partial charge in [0.15, 0.2) is 0 Å². The number of rotatable bonds is 5. The Kier molecular flexibility index (Phi) is 5.28. The standard InChI is InChI=1S/C19H23FN2O2/c1-2-17-12-18(24-21-17)19(23)22-11-3-4-15(13-22)6-5-14-7-9-16(20)10-8-14/h7-10,12,15H,2-6,11,13H2,1H3/t15-/m1/s1. The molecule has 128 valence electrons. The van der Waals surface area contributed by atoms with Gasteiger partial charge in [0.1, 0.15) is 5.82 Å². The van der Waals surface area contributed by atoms with Gasteiger partial charge in [-0.2, -0.15) is 0 Å². The number of carbonyl (C=O) groups excluding carboxylic acids is 1. The Labute approximate surface area is 141 Å². The van der Waals surface area contributed by atoms with E-state index in [1.54, 1.807) is 6.07 Å². The molecule has 24 heavy (non-hydrogen) atoms. The monoisotopic (exact) mass is 330 g/mol. The molecule has 0 spiro atoms. The fourth-order valence-corrected chi connectivity index (χ4v) is 3.24. The Morgan fingerprint density at radius 1 is 1.38 bits per heavy atom. The lowest BCUT2D eigenvalue weighted by atomic mass is 9.91. The van der Waals surface area contributed by atoms with Crippen LogP contribution >= 0.6 is 0 Å². The molecule has 1 fully saturated rings. The number of aromatic nitrogens is 1. The second kappa shape index (κ2) is 7.60. The summed E-state index contributed by atoms with van der Waals surface area (Å²) in [6.45, 7) is 3.51. The van der Waals surface area contributed by atoms with E-state index in [4.69, 9.17) is 4.52 Å². The SMILES string of the molecule is CCc1cc(C(=O)N2CCC[C@H](CCc3ccc(F)cc3)C2)on1. The highest BCUT2D eigenvalue weighted by Crippen LogP contribution is 2.23. The van der Waals surface area contributed by atoms with E-state index >= 15 is 0 Å². The van der Waals surface area contributed by atoms with E-state index in [1.165, 1.54) is 12.1 Å². The number of likely N-dealkylation sites (tertiary alicyclic amines) is 1. The van der Waals surface area contributed by atoms with Gasteiger partial charge >= 0.3 is 0 Å². The van der Waals surface area contributed by atoms with Crippen LogP contribution in [-0.2, 0) is 12.8 Å². The Morgan fingerprint density at radius 2 is 2.17 bits per heavy atom. The summed E-state index contributed by atoms with van der Waals surface area (Å²) in [5, 5.41) is 3.90. The molecule has 4 nitrogen and oxygen atoms in total. The average molecular weight is 330 g/mol. The van der Waals surface area contributed by atoms with Crippen LogP contribution in [-0.4, -0.2) is 29.1 Å². The molecule has 2 aromatic rings. The van der Waals surface area contributed by atoms with Gasteiger partial charge in [-0.1, -0.05) is 24.2 Å². The third kappa shape index (κ3) is 4.02. The first-order valence-electron chi connectivity index (χ1n) is 8.65. The van der Waals surface area contributed by atoms with Gasteiger partial charge in [-0.25, -0.2) is 4.39 Å². The number of halogens is 1. The van der Waals surface area contributed by atoms with Crippen LogP contribution in [0.1, 0.15) is 48.0 Å². The summed E-state index contributed by atoms with van der Waals surface area (Å²) in [5.74, 6) is 0.549. The molecule has 0 saturated carbocycles. The molecule has 0 bridgehead atoms. The molecule has 2 heterocycles. The summed E-state index contributed by atoms with van der Waals surface area (Å²) in [7, 11) is 0. The van der Waals surface area contributed by atoms with Crippen LogP contribution in [0.15, 0.2) is 34.9 Å². The second-order valence-corrected chi connectivity index (χ2v) is 6.46. The molecule has 0 N–H and O–H groups in total. The molecule has 3 rings (SSSR count). The fraction of sp³-hybridized carbons (Fsp3) is 0.474. The molecule has 0 aliphatic carbocycles. The van der Waals surface area contributed by atoms with Crippen LogP contribution in [0.2, 0.25) is 0 Å². The summed E-state index contributed by atoms with van der Waals surface area (Å²) in [6.07, 6.45) is 4.81. The lowest BCUT2D eigenvalue weighted by Gasteiger charge is -2.32. The maximum atomic E-state index is 13.0. The lowest BCUT2D eigenvalue weighted by Crippen LogP contribution is -2.39. The lowest BCUT2D eigenvalue weighted by molar-refractivity contribution is 0.0626. The van der Waals surface area contributed by atoms with Crippen LogP contribution in [0.5, 0.6) is 0 Å². The second-order valence-electron chi connectivity index (χ2n) is 6.46. The number of carbonyl (C=O) groups is 1. The first-order chi connectivity index (χ1) is 11.7. The van der Waals surface area contributed by atoms with Crippen molar-refractivity contribution in [3.05, 3.63) is 53.2 Å². The summed E-state index contributed by atoms with van der Waals surface area (Å²) in [5.41, 5.74) is 1.95. The molecule has 1 aromatic carbocycles. The van der Waals surface area contributed by atoms with Crippen molar-refractivity contribution in [2.24, 2.45) is 5.92 Å². The van der Waals surface area contributed by atoms with Gasteiger partial charge in [-0.15, -0.1) is 0 Å². The molecule has 0 radical (unpaired) electrons. The van der Waals surface area contributed by atoms with Gasteiger partial charge < -0.3 is 9.42 Å². The molecular weight excluding hydrogens is 307 g/mol. The van der Waals surface area contributed by atoms with Gasteiger partial charge in [-0.3, -0.25) is 4.79 Å². The number of hydrogen-bond acceptors (Lipinski definition) is 3. The van der Waals surface area contributed by atoms with Crippen molar-refractivity contribution in [2.45, 2.75) is 39.0 Å². The predicted molar refractivity (Wildman–Crippen MR) is 89.2 cm³/mol. The maximum Gasteiger partial charge on any atom is 0.292 e. The molecule has 1 aliphatic rings. The van der Waals surface area contributed by atoms with E-state index in [9.17, 15) is 9.18 Å². The van der Waals surface area contributed by atoms with Crippen LogP contribution in [0.4, 0.5) is 4.39 Å². The van der Waals surface area contributed by atoms with E-state index in [0.29, 0.717) is 11.7 Å². The van der Waals surface area contributed by atoms with Gasteiger partial charge in [-0.05, 0) is 55.7 Å². The van der Waals surface area contributed by atoms with Crippen molar-refractivity contribution in [3.8, 4) is 0 Å². The maximum absolute atomic E-state index is 13.0. The van der Waals surface area contributed by atoms with Crippen molar-refractivity contribution >= 4 is 5.91 Å². The number of nitrogens with zero attached hydrogens (tertiary/aromatic N) is 2. The average Bonchev–Trinajstić information content (AvgIpc) is 3.10. The molecule has 5 heteroatoms. The number of amides is 1. The smallest absolute Gasteiger partial charge is 0.292 e. The first-order valence-corrected chi connectivity index (χ1v) is 8.65. The minimum absolute atomic E-state index is 0.0614. The highest BCUT2D eigenvalue weighted by molar-refractivity contribution is 5.91. The zero-order chi connectivity index (χ0) is 16.9. The Morgan fingerprint density at radius 3 is 2.88 bits per heavy atom. The summed E-state index contributed by atoms with van der Waals surface area (Å²) >= 11 is 0. The minimum Gasteiger partial charge on any atom is -0.351 e. The van der Waals surface area contributed by atoms with Crippen molar-refractivity contribution in [1.29, 1.82) is 0 Å². The Balaban J connectivity index is 1.55. The van der Waals surface area contributed by atoms with Crippen molar-refractivity contribution < 1.29 is 13.7 Å². The fourth-order valence-electron chi connectivity index (χ4n) is 3.24. The normalized spacial score (nSPS) is 17.9. The Bertz CT molecular complexity index is 681. The van der Waals surface area contributed by atoms with Crippen LogP contribution in [0.25, 0.3) is 0 Å². The van der Waals surface area contributed by atoms with E-state index in [0.717, 1.165) is 56.5 Å². The minimum atomic E-state index is -0.202. The van der Waals surface area contributed by atoms with Gasteiger partial charge in [0.25, 0.3) is 5.91 Å². The number of piperidine rings is 1. The van der Waals surface area contributed by atoms with Crippen molar-refractivity contribution in [1.82, 2.24) is 10.1 Å². The van der Waals surface area contributed by atoms with Gasteiger partial charge in [0.2, 0.25) is 5.76 Å². The zero-order valence-corrected chi connectivity index (χ0v) is 14.0. The number of benzene rings is 1. The highest BCUT2D eigenvalue weighted by Gasteiger charge is 2.26. The molecule has 1 saturated heterocycles. The number of hydrogen-bond donors (Lipinski definition) is 0. The first kappa shape index (κ1) is 16.7. The third-order valence-electron chi connectivity index (χ3n) is 4.69. The van der Waals surface area contributed by atoms with Crippen LogP contribution in [0, 0.1) is 11.7 Å². The quantitative estimate of drug-likeness (QED) is 0.836. The zero-order valence-electron chi connectivity index (χ0n) is 14.0. The largest absolute Gasteiger partial charge is 0.351 e. The molecule has 1 amide bonds. The van der Waals surface area contributed by atoms with Crippen molar-refractivity contribution in [2.75, 3.05) is 13.1 Å². The van der Waals surface area contributed by atoms with E-state index in [-0.39, 0.29) is 11.7 Å². The molecule has 0 unspecified atom stereocenters. The summed E-state index contributed by atoms with van der Waals surface area (Å²) in [6, 6.07) is 8.41. The molecular formula is C19H23FN2O2. The van der Waals surface area contributed by atoms with E-state index in [2.05, 4.69) is 5.16 Å². The van der Waals surface area contributed by atoms with Gasteiger partial charge in [0.05, 0.1) is 5.69 Å². The third-order valence-corrected chi connectivity index (χ3v) is 4.69. The van der Waals surface area contributed by atoms with E-state index < -0.39 is 0 Å². The Hall–Kier alpha value is -2.17. The van der Waals surface area contributed by atoms with Gasteiger partial charge in [0, 0.05) is 19.2 Å². The summed E-state index contributed by atoms with van der Waals surface area (Å²) < 4.78 is 18.1. The molecule has 1 aliphatic heterocycles. The number of aryl methyl sites for hydroxylation is 2. The summed E-state index contributed by atoms with van der Waals surface area (Å²) in [4.78, 5) is 14.4. The topological polar surface area (TPSA) is 46.3 Å². The van der Waals surface area contributed by atoms with E-state index in [1.807, 2.05) is 24.0 Å². The molecule has 1 aromatic heterocycles. The van der Waals surface area contributed by atoms with Crippen LogP contribution < -0.4 is 0 Å². The van der Waals surface area contributed by atoms with Crippen LogP contribution in [0.3, 0.4) is 0 Å². The highest BCUT2D eigenvalue weighted by atomic mass is 19.1. The predicted octanol–water partition coefficient (Wildman–Crippen LogP) is 3.86. The van der Waals surface area contributed by atoms with Crippen molar-refractivity contribution in [3.63, 3.8) is 0 Å². The molecule has 1 atom stereocenters.